The first kappa shape index (κ1) is 19.6. The summed E-state index contributed by atoms with van der Waals surface area (Å²) in [6, 6.07) is 4.60. The Morgan fingerprint density at radius 2 is 2.30 bits per heavy atom. The Morgan fingerprint density at radius 3 is 3.00 bits per heavy atom. The second kappa shape index (κ2) is 7.82. The molecule has 9 heteroatoms. The van der Waals surface area contributed by atoms with Gasteiger partial charge in [0.15, 0.2) is 6.61 Å². The maximum absolute atomic E-state index is 12.4. The fourth-order valence-corrected chi connectivity index (χ4v) is 5.20. The molecule has 1 aromatic carbocycles. The summed E-state index contributed by atoms with van der Waals surface area (Å²) >= 11 is 2.62. The first-order valence-electron chi connectivity index (χ1n) is 8.43. The van der Waals surface area contributed by atoms with Gasteiger partial charge in [-0.15, -0.1) is 11.8 Å². The molecule has 142 valence electrons. The monoisotopic (exact) mass is 405 g/mol. The van der Waals surface area contributed by atoms with Gasteiger partial charge in [-0.05, 0) is 55.8 Å². The van der Waals surface area contributed by atoms with Crippen LogP contribution >= 0.6 is 23.5 Å². The number of carbonyl (C=O) groups excluding carboxylic acids is 3. The lowest BCUT2D eigenvalue weighted by atomic mass is 10.2. The molecule has 2 heterocycles. The van der Waals surface area contributed by atoms with Crippen molar-refractivity contribution in [3.8, 4) is 5.40 Å². The molecule has 2 saturated heterocycles. The van der Waals surface area contributed by atoms with E-state index in [2.05, 4.69) is 5.32 Å². The van der Waals surface area contributed by atoms with Crippen LogP contribution in [0.2, 0.25) is 0 Å². The molecule has 0 spiro atoms. The highest BCUT2D eigenvalue weighted by atomic mass is 32.2. The molecule has 0 radical (unpaired) electrons. The van der Waals surface area contributed by atoms with Crippen molar-refractivity contribution < 1.29 is 19.1 Å². The van der Waals surface area contributed by atoms with Gasteiger partial charge in [0.2, 0.25) is 5.91 Å². The normalized spacial score (nSPS) is 23.7. The number of carbonyl (C=O) groups is 3. The van der Waals surface area contributed by atoms with Gasteiger partial charge < -0.3 is 15.0 Å². The predicted molar refractivity (Wildman–Crippen MR) is 103 cm³/mol. The van der Waals surface area contributed by atoms with Crippen LogP contribution < -0.4 is 5.32 Å². The molecule has 0 aromatic heterocycles. The van der Waals surface area contributed by atoms with Crippen molar-refractivity contribution in [1.29, 1.82) is 5.26 Å². The van der Waals surface area contributed by atoms with E-state index in [9.17, 15) is 14.4 Å². The van der Waals surface area contributed by atoms with E-state index in [4.69, 9.17) is 10.00 Å². The lowest BCUT2D eigenvalue weighted by molar-refractivity contribution is -0.155. The summed E-state index contributed by atoms with van der Waals surface area (Å²) in [6.45, 7) is 3.37. The number of anilines is 1. The highest BCUT2D eigenvalue weighted by molar-refractivity contribution is 8.03. The van der Waals surface area contributed by atoms with Crippen molar-refractivity contribution in [2.24, 2.45) is 0 Å². The third-order valence-electron chi connectivity index (χ3n) is 4.70. The largest absolute Gasteiger partial charge is 0.454 e. The molecule has 27 heavy (non-hydrogen) atoms. The van der Waals surface area contributed by atoms with Gasteiger partial charge in [0, 0.05) is 22.8 Å². The molecule has 7 nitrogen and oxygen atoms in total. The van der Waals surface area contributed by atoms with E-state index in [1.807, 2.05) is 19.2 Å². The lowest BCUT2D eigenvalue weighted by Gasteiger charge is -2.29. The molecule has 2 atom stereocenters. The third kappa shape index (κ3) is 4.06. The minimum atomic E-state index is -0.633. The topological polar surface area (TPSA) is 99.5 Å². The van der Waals surface area contributed by atoms with Gasteiger partial charge >= 0.3 is 5.97 Å². The lowest BCUT2D eigenvalue weighted by Crippen LogP contribution is -2.47. The molecule has 0 saturated carbocycles. The van der Waals surface area contributed by atoms with Gasteiger partial charge in [-0.25, -0.2) is 4.79 Å². The van der Waals surface area contributed by atoms with Gasteiger partial charge in [0.25, 0.3) is 5.91 Å². The van der Waals surface area contributed by atoms with Crippen molar-refractivity contribution in [1.82, 2.24) is 4.90 Å². The van der Waals surface area contributed by atoms with Crippen LogP contribution in [0.25, 0.3) is 0 Å². The number of ether oxygens (including phenoxy) is 1. The van der Waals surface area contributed by atoms with Crippen LogP contribution in [-0.2, 0) is 19.1 Å². The Bertz CT molecular complexity index is 838. The van der Waals surface area contributed by atoms with Gasteiger partial charge in [-0.1, -0.05) is 0 Å². The summed E-state index contributed by atoms with van der Waals surface area (Å²) < 4.78 is 5.16. The fourth-order valence-electron chi connectivity index (χ4n) is 3.31. The third-order valence-corrected chi connectivity index (χ3v) is 6.78. The zero-order chi connectivity index (χ0) is 19.6. The fraction of sp³-hybridized carbons (Fsp3) is 0.444. The van der Waals surface area contributed by atoms with E-state index in [0.717, 1.165) is 28.6 Å². The first-order chi connectivity index (χ1) is 12.8. The molecule has 3 rings (SSSR count). The number of nitriles is 1. The maximum atomic E-state index is 12.4. The van der Waals surface area contributed by atoms with Crippen molar-refractivity contribution >= 4 is 47.0 Å². The van der Waals surface area contributed by atoms with E-state index in [0.29, 0.717) is 17.9 Å². The SMILES string of the molecule is Cc1cc(SC#N)ccc1NC(=O)COC(=O)[C@@H]1CS[C@@]2(C)CCC(=O)N12. The highest BCUT2D eigenvalue weighted by Crippen LogP contribution is 2.47. The molecule has 0 unspecified atom stereocenters. The van der Waals surface area contributed by atoms with Crippen LogP contribution in [0.3, 0.4) is 0 Å². The summed E-state index contributed by atoms with van der Waals surface area (Å²) in [5, 5.41) is 13.4. The Kier molecular flexibility index (Phi) is 5.67. The molecule has 2 amide bonds. The summed E-state index contributed by atoms with van der Waals surface area (Å²) in [4.78, 5) is 38.6. The summed E-state index contributed by atoms with van der Waals surface area (Å²) in [6.07, 6.45) is 1.16. The average molecular weight is 406 g/mol. The van der Waals surface area contributed by atoms with Crippen LogP contribution in [0.5, 0.6) is 0 Å². The standard InChI is InChI=1S/C18H19N3O4S2/c1-11-7-12(26-10-19)3-4-13(11)20-15(22)8-25-17(24)14-9-27-18(2)6-5-16(23)21(14)18/h3-4,7,14H,5-6,8-9H2,1-2H3,(H,20,22)/t14-,18-/m0/s1. The molecular formula is C18H19N3O4S2. The summed E-state index contributed by atoms with van der Waals surface area (Å²) in [7, 11) is 0. The number of thiocyanates is 1. The number of fused-ring (bicyclic) bond motifs is 1. The Hall–Kier alpha value is -2.18. The van der Waals surface area contributed by atoms with Gasteiger partial charge in [0.1, 0.15) is 11.4 Å². The predicted octanol–water partition coefficient (Wildman–Crippen LogP) is 2.50. The molecule has 1 N–H and O–H groups in total. The second-order valence-corrected chi connectivity index (χ2v) is 8.95. The smallest absolute Gasteiger partial charge is 0.330 e. The number of benzene rings is 1. The molecule has 2 aliphatic rings. The van der Waals surface area contributed by atoms with E-state index in [-0.39, 0.29) is 10.8 Å². The minimum absolute atomic E-state index is 0.0418. The number of rotatable bonds is 5. The highest BCUT2D eigenvalue weighted by Gasteiger charge is 2.53. The number of hydrogen-bond acceptors (Lipinski definition) is 7. The van der Waals surface area contributed by atoms with E-state index < -0.39 is 24.5 Å². The minimum Gasteiger partial charge on any atom is -0.454 e. The number of esters is 1. The maximum Gasteiger partial charge on any atom is 0.330 e. The number of nitrogens with one attached hydrogen (secondary N) is 1. The Morgan fingerprint density at radius 1 is 1.52 bits per heavy atom. The van der Waals surface area contributed by atoms with Crippen molar-refractivity contribution in [3.63, 3.8) is 0 Å². The van der Waals surface area contributed by atoms with Gasteiger partial charge in [-0.2, -0.15) is 5.26 Å². The number of nitrogens with zero attached hydrogens (tertiary/aromatic N) is 2. The molecule has 0 aliphatic carbocycles. The van der Waals surface area contributed by atoms with Crippen LogP contribution in [0.1, 0.15) is 25.3 Å². The van der Waals surface area contributed by atoms with Gasteiger partial charge in [0.05, 0.1) is 4.87 Å². The molecule has 1 aromatic rings. The molecular weight excluding hydrogens is 386 g/mol. The first-order valence-corrected chi connectivity index (χ1v) is 10.2. The second-order valence-electron chi connectivity index (χ2n) is 6.59. The van der Waals surface area contributed by atoms with E-state index >= 15 is 0 Å². The zero-order valence-electron chi connectivity index (χ0n) is 15.0. The quantitative estimate of drug-likeness (QED) is 0.456. The van der Waals surface area contributed by atoms with Crippen LogP contribution in [-0.4, -0.2) is 46.0 Å². The van der Waals surface area contributed by atoms with Crippen molar-refractivity contribution in [3.05, 3.63) is 23.8 Å². The van der Waals surface area contributed by atoms with Gasteiger partial charge in [-0.3, -0.25) is 9.59 Å². The van der Waals surface area contributed by atoms with E-state index in [1.54, 1.807) is 34.9 Å². The summed E-state index contributed by atoms with van der Waals surface area (Å²) in [5.41, 5.74) is 1.40. The van der Waals surface area contributed by atoms with Crippen molar-refractivity contribution in [2.75, 3.05) is 17.7 Å². The number of aryl methyl sites for hydroxylation is 1. The Balaban J connectivity index is 1.54. The van der Waals surface area contributed by atoms with Crippen LogP contribution in [0.4, 0.5) is 5.69 Å². The zero-order valence-corrected chi connectivity index (χ0v) is 16.6. The number of thioether (sulfide) groups is 2. The molecule has 2 aliphatic heterocycles. The van der Waals surface area contributed by atoms with Crippen molar-refractivity contribution in [2.45, 2.75) is 42.5 Å². The number of hydrogen-bond donors (Lipinski definition) is 1. The molecule has 0 bridgehead atoms. The van der Waals surface area contributed by atoms with Crippen LogP contribution in [0.15, 0.2) is 23.1 Å². The van der Waals surface area contributed by atoms with Crippen LogP contribution in [0, 0.1) is 17.6 Å². The van der Waals surface area contributed by atoms with E-state index in [1.165, 1.54) is 0 Å². The summed E-state index contributed by atoms with van der Waals surface area (Å²) in [5.74, 6) is -0.554. The molecule has 2 fully saturated rings. The Labute approximate surface area is 165 Å². The average Bonchev–Trinajstić information content (AvgIpc) is 3.12. The number of amides is 2.